The molecule has 0 bridgehead atoms. The van der Waals surface area contributed by atoms with Gasteiger partial charge in [-0.3, -0.25) is 4.90 Å². The van der Waals surface area contributed by atoms with Gasteiger partial charge < -0.3 is 5.73 Å². The number of rotatable bonds is 6. The van der Waals surface area contributed by atoms with E-state index in [1.54, 1.807) is 0 Å². The van der Waals surface area contributed by atoms with Crippen molar-refractivity contribution in [3.05, 3.63) is 34.9 Å². The van der Waals surface area contributed by atoms with Crippen molar-refractivity contribution in [2.75, 3.05) is 13.1 Å². The summed E-state index contributed by atoms with van der Waals surface area (Å²) < 4.78 is 0. The average molecular weight is 260 g/mol. The van der Waals surface area contributed by atoms with Crippen LogP contribution in [0.2, 0.25) is 0 Å². The van der Waals surface area contributed by atoms with Gasteiger partial charge in [0, 0.05) is 25.2 Å². The molecule has 2 nitrogen and oxygen atoms in total. The lowest BCUT2D eigenvalue weighted by Gasteiger charge is -2.33. The summed E-state index contributed by atoms with van der Waals surface area (Å²) in [7, 11) is 0. The van der Waals surface area contributed by atoms with Gasteiger partial charge in [0.2, 0.25) is 0 Å². The fourth-order valence-corrected chi connectivity index (χ4v) is 3.00. The largest absolute Gasteiger partial charge is 0.329 e. The van der Waals surface area contributed by atoms with Gasteiger partial charge in [-0.15, -0.1) is 0 Å². The predicted molar refractivity (Wildman–Crippen MR) is 82.3 cm³/mol. The molecular formula is C17H28N2. The van der Waals surface area contributed by atoms with Crippen molar-refractivity contribution in [3.63, 3.8) is 0 Å². The minimum Gasteiger partial charge on any atom is -0.329 e. The summed E-state index contributed by atoms with van der Waals surface area (Å²) in [4.78, 5) is 2.64. The molecule has 0 aliphatic heterocycles. The summed E-state index contributed by atoms with van der Waals surface area (Å²) >= 11 is 0. The van der Waals surface area contributed by atoms with Crippen LogP contribution in [-0.4, -0.2) is 24.0 Å². The quantitative estimate of drug-likeness (QED) is 0.849. The van der Waals surface area contributed by atoms with Crippen LogP contribution in [0.15, 0.2) is 18.2 Å². The van der Waals surface area contributed by atoms with Crippen molar-refractivity contribution in [1.29, 1.82) is 0 Å². The lowest BCUT2D eigenvalue weighted by molar-refractivity contribution is 0.169. The molecule has 1 aromatic rings. The van der Waals surface area contributed by atoms with E-state index in [4.69, 9.17) is 5.73 Å². The third-order valence-corrected chi connectivity index (χ3v) is 4.00. The molecule has 1 atom stereocenters. The molecule has 2 rings (SSSR count). The highest BCUT2D eigenvalue weighted by Crippen LogP contribution is 2.35. The molecule has 1 fully saturated rings. The molecule has 1 aliphatic carbocycles. The normalized spacial score (nSPS) is 17.2. The van der Waals surface area contributed by atoms with Crippen LogP contribution in [0.5, 0.6) is 0 Å². The molecule has 106 valence electrons. The van der Waals surface area contributed by atoms with Crippen LogP contribution in [-0.2, 0) is 0 Å². The van der Waals surface area contributed by atoms with E-state index < -0.39 is 0 Å². The minimum atomic E-state index is 0.385. The maximum absolute atomic E-state index is 6.11. The SMILES string of the molecule is Cc1ccc(C(CN)N(CC(C)C)C2CC2)c(C)c1. The zero-order valence-corrected chi connectivity index (χ0v) is 12.8. The van der Waals surface area contributed by atoms with Crippen LogP contribution in [0.3, 0.4) is 0 Å². The summed E-state index contributed by atoms with van der Waals surface area (Å²) in [6.45, 7) is 10.8. The van der Waals surface area contributed by atoms with E-state index in [2.05, 4.69) is 50.8 Å². The summed E-state index contributed by atoms with van der Waals surface area (Å²) in [5.41, 5.74) is 10.2. The van der Waals surface area contributed by atoms with Gasteiger partial charge in [0.05, 0.1) is 0 Å². The predicted octanol–water partition coefficient (Wildman–Crippen LogP) is 3.42. The molecule has 2 N–H and O–H groups in total. The summed E-state index contributed by atoms with van der Waals surface area (Å²) in [6.07, 6.45) is 2.68. The molecule has 0 radical (unpaired) electrons. The molecule has 0 aromatic heterocycles. The Morgan fingerprint density at radius 3 is 2.42 bits per heavy atom. The van der Waals surface area contributed by atoms with Gasteiger partial charge in [0.15, 0.2) is 0 Å². The van der Waals surface area contributed by atoms with E-state index in [1.807, 2.05) is 0 Å². The van der Waals surface area contributed by atoms with E-state index in [9.17, 15) is 0 Å². The van der Waals surface area contributed by atoms with Gasteiger partial charge >= 0.3 is 0 Å². The van der Waals surface area contributed by atoms with Crippen LogP contribution in [0.4, 0.5) is 0 Å². The number of nitrogens with zero attached hydrogens (tertiary/aromatic N) is 1. The Labute approximate surface area is 118 Å². The fraction of sp³-hybridized carbons (Fsp3) is 0.647. The highest BCUT2D eigenvalue weighted by Gasteiger charge is 2.34. The van der Waals surface area contributed by atoms with Crippen molar-refractivity contribution in [2.45, 2.75) is 52.6 Å². The molecule has 0 amide bonds. The summed E-state index contributed by atoms with van der Waals surface area (Å²) in [5, 5.41) is 0. The summed E-state index contributed by atoms with van der Waals surface area (Å²) in [5.74, 6) is 0.695. The van der Waals surface area contributed by atoms with Crippen molar-refractivity contribution in [2.24, 2.45) is 11.7 Å². The van der Waals surface area contributed by atoms with Crippen molar-refractivity contribution >= 4 is 0 Å². The van der Waals surface area contributed by atoms with E-state index in [1.165, 1.54) is 29.5 Å². The highest BCUT2D eigenvalue weighted by atomic mass is 15.2. The van der Waals surface area contributed by atoms with Crippen molar-refractivity contribution in [3.8, 4) is 0 Å². The van der Waals surface area contributed by atoms with Crippen LogP contribution in [0.1, 0.15) is 49.4 Å². The lowest BCUT2D eigenvalue weighted by Crippen LogP contribution is -2.38. The van der Waals surface area contributed by atoms with Crippen molar-refractivity contribution in [1.82, 2.24) is 4.90 Å². The van der Waals surface area contributed by atoms with Gasteiger partial charge in [0.25, 0.3) is 0 Å². The molecule has 19 heavy (non-hydrogen) atoms. The van der Waals surface area contributed by atoms with E-state index >= 15 is 0 Å². The highest BCUT2D eigenvalue weighted by molar-refractivity contribution is 5.33. The Bertz CT molecular complexity index is 421. The maximum atomic E-state index is 6.11. The van der Waals surface area contributed by atoms with E-state index in [0.717, 1.165) is 12.6 Å². The smallest absolute Gasteiger partial charge is 0.0476 e. The molecule has 0 spiro atoms. The molecule has 1 saturated carbocycles. The standard InChI is InChI=1S/C17H28N2/c1-12(2)11-19(15-6-7-15)17(10-18)16-8-5-13(3)9-14(16)4/h5,8-9,12,15,17H,6-7,10-11,18H2,1-4H3. The van der Waals surface area contributed by atoms with Gasteiger partial charge in [-0.1, -0.05) is 37.6 Å². The monoisotopic (exact) mass is 260 g/mol. The molecule has 1 aliphatic rings. The second-order valence-electron chi connectivity index (χ2n) is 6.43. The maximum Gasteiger partial charge on any atom is 0.0476 e. The average Bonchev–Trinajstić information content (AvgIpc) is 3.14. The second-order valence-corrected chi connectivity index (χ2v) is 6.43. The van der Waals surface area contributed by atoms with Crippen LogP contribution in [0.25, 0.3) is 0 Å². The van der Waals surface area contributed by atoms with Crippen LogP contribution < -0.4 is 5.73 Å². The number of nitrogens with two attached hydrogens (primary N) is 1. The Morgan fingerprint density at radius 1 is 1.26 bits per heavy atom. The summed E-state index contributed by atoms with van der Waals surface area (Å²) in [6, 6.07) is 7.91. The molecule has 2 heteroatoms. The molecule has 0 saturated heterocycles. The third kappa shape index (κ3) is 3.58. The first-order chi connectivity index (χ1) is 9.02. The number of hydrogen-bond acceptors (Lipinski definition) is 2. The Morgan fingerprint density at radius 2 is 1.95 bits per heavy atom. The van der Waals surface area contributed by atoms with Crippen LogP contribution >= 0.6 is 0 Å². The number of benzene rings is 1. The molecular weight excluding hydrogens is 232 g/mol. The van der Waals surface area contributed by atoms with Crippen molar-refractivity contribution < 1.29 is 0 Å². The molecule has 1 unspecified atom stereocenters. The fourth-order valence-electron chi connectivity index (χ4n) is 3.00. The van der Waals surface area contributed by atoms with Crippen LogP contribution in [0, 0.1) is 19.8 Å². The van der Waals surface area contributed by atoms with E-state index in [0.29, 0.717) is 18.5 Å². The minimum absolute atomic E-state index is 0.385. The first kappa shape index (κ1) is 14.5. The zero-order valence-electron chi connectivity index (χ0n) is 12.8. The topological polar surface area (TPSA) is 29.3 Å². The van der Waals surface area contributed by atoms with Gasteiger partial charge in [-0.2, -0.15) is 0 Å². The number of hydrogen-bond donors (Lipinski definition) is 1. The lowest BCUT2D eigenvalue weighted by atomic mass is 9.97. The Kier molecular flexibility index (Phi) is 4.64. The molecule has 1 aromatic carbocycles. The van der Waals surface area contributed by atoms with Gasteiger partial charge in [-0.05, 0) is 43.7 Å². The first-order valence-corrected chi connectivity index (χ1v) is 7.56. The molecule has 0 heterocycles. The Balaban J connectivity index is 2.25. The number of aryl methyl sites for hydroxylation is 2. The zero-order chi connectivity index (χ0) is 14.0. The second kappa shape index (κ2) is 6.06. The Hall–Kier alpha value is -0.860. The van der Waals surface area contributed by atoms with E-state index in [-0.39, 0.29) is 0 Å². The van der Waals surface area contributed by atoms with Gasteiger partial charge in [-0.25, -0.2) is 0 Å². The van der Waals surface area contributed by atoms with Gasteiger partial charge in [0.1, 0.15) is 0 Å². The first-order valence-electron chi connectivity index (χ1n) is 7.56. The third-order valence-electron chi connectivity index (χ3n) is 4.00.